The number of nitrogens with two attached hydrogens (primary N) is 1. The number of fused-ring (bicyclic) bond motifs is 1. The van der Waals surface area contributed by atoms with E-state index < -0.39 is 30.5 Å². The molecule has 206 valence electrons. The Bertz CT molecular complexity index is 1570. The van der Waals surface area contributed by atoms with Crippen molar-refractivity contribution in [2.45, 2.75) is 31.6 Å². The summed E-state index contributed by atoms with van der Waals surface area (Å²) in [6.07, 6.45) is -5.97. The molecule has 0 spiro atoms. The van der Waals surface area contributed by atoms with E-state index in [2.05, 4.69) is 4.98 Å². The third-order valence-electron chi connectivity index (χ3n) is 6.64. The lowest BCUT2D eigenvalue weighted by molar-refractivity contribution is -0.127. The van der Waals surface area contributed by atoms with Gasteiger partial charge in [0.1, 0.15) is 11.6 Å². The maximum Gasteiger partial charge on any atom is 0.415 e. The number of nitrogen functional groups attached to an aromatic ring is 1. The van der Waals surface area contributed by atoms with Gasteiger partial charge in [-0.2, -0.15) is 13.2 Å². The van der Waals surface area contributed by atoms with Gasteiger partial charge in [-0.25, -0.2) is 14.2 Å². The van der Waals surface area contributed by atoms with Crippen LogP contribution < -0.4 is 16.0 Å². The van der Waals surface area contributed by atoms with E-state index in [1.165, 1.54) is 45.9 Å². The molecule has 1 atom stereocenters. The van der Waals surface area contributed by atoms with Gasteiger partial charge in [0, 0.05) is 12.1 Å². The van der Waals surface area contributed by atoms with Crippen LogP contribution in [0.5, 0.6) is 5.75 Å². The van der Waals surface area contributed by atoms with Crippen LogP contribution in [0.2, 0.25) is 0 Å². The van der Waals surface area contributed by atoms with Crippen molar-refractivity contribution in [2.75, 3.05) is 12.3 Å². The van der Waals surface area contributed by atoms with Crippen LogP contribution >= 0.6 is 0 Å². The minimum atomic E-state index is -4.34. The number of anilines is 1. The van der Waals surface area contributed by atoms with E-state index in [0.717, 1.165) is 5.56 Å². The van der Waals surface area contributed by atoms with Crippen molar-refractivity contribution in [2.24, 2.45) is 0 Å². The lowest BCUT2D eigenvalue weighted by Gasteiger charge is -2.29. The highest BCUT2D eigenvalue weighted by Crippen LogP contribution is 2.29. The Morgan fingerprint density at radius 1 is 0.975 bits per heavy atom. The summed E-state index contributed by atoms with van der Waals surface area (Å²) in [7, 11) is 0. The smallest absolute Gasteiger partial charge is 0.410 e. The van der Waals surface area contributed by atoms with E-state index >= 15 is 0 Å². The number of carbonyl (C=O) groups is 1. The molecule has 0 aliphatic carbocycles. The number of benzene rings is 3. The Hall–Kier alpha value is -4.67. The Morgan fingerprint density at radius 3 is 2.27 bits per heavy atom. The summed E-state index contributed by atoms with van der Waals surface area (Å²) in [5.41, 5.74) is 8.12. The first-order chi connectivity index (χ1) is 19.1. The SMILES string of the molecule is Nc1nc2c(c(=O)n1C(c1ccccc1)c1ccc(F)cc1)CCN(C(=O)Oc1ccc(CC(F)(F)F)cc1)C2. The molecule has 2 heterocycles. The third-order valence-corrected chi connectivity index (χ3v) is 6.64. The Labute approximate surface area is 226 Å². The van der Waals surface area contributed by atoms with E-state index in [-0.39, 0.29) is 42.3 Å². The van der Waals surface area contributed by atoms with Crippen molar-refractivity contribution in [1.29, 1.82) is 0 Å². The van der Waals surface area contributed by atoms with Crippen molar-refractivity contribution < 1.29 is 27.1 Å². The predicted molar refractivity (Wildman–Crippen MR) is 139 cm³/mol. The first-order valence-corrected chi connectivity index (χ1v) is 12.4. The molecule has 1 unspecified atom stereocenters. The van der Waals surface area contributed by atoms with E-state index in [1.807, 2.05) is 30.3 Å². The fourth-order valence-corrected chi connectivity index (χ4v) is 4.77. The number of halogens is 4. The lowest BCUT2D eigenvalue weighted by atomic mass is 9.97. The molecule has 1 aromatic heterocycles. The van der Waals surface area contributed by atoms with E-state index in [0.29, 0.717) is 16.8 Å². The van der Waals surface area contributed by atoms with Gasteiger partial charge in [-0.05, 0) is 47.4 Å². The third kappa shape index (κ3) is 5.83. The molecule has 0 bridgehead atoms. The van der Waals surface area contributed by atoms with Gasteiger partial charge in [0.25, 0.3) is 5.56 Å². The molecule has 1 aliphatic heterocycles. The van der Waals surface area contributed by atoms with Crippen molar-refractivity contribution in [3.05, 3.63) is 123 Å². The number of nitrogens with zero attached hydrogens (tertiary/aromatic N) is 3. The fourth-order valence-electron chi connectivity index (χ4n) is 4.77. The molecular weight excluding hydrogens is 528 g/mol. The number of aromatic nitrogens is 2. The standard InChI is InChI=1S/C29H24F4N4O3/c30-21-10-8-20(9-11-21)25(19-4-2-1-3-5-19)37-26(38)23-14-15-36(17-24(23)35-27(37)34)28(39)40-22-12-6-18(7-13-22)16-29(31,32)33/h1-13,25H,14-17H2,(H2,34,35). The molecule has 1 amide bonds. The first-order valence-electron chi connectivity index (χ1n) is 12.4. The highest BCUT2D eigenvalue weighted by atomic mass is 19.4. The highest BCUT2D eigenvalue weighted by Gasteiger charge is 2.30. The maximum atomic E-state index is 13.7. The van der Waals surface area contributed by atoms with Gasteiger partial charge < -0.3 is 15.4 Å². The topological polar surface area (TPSA) is 90.5 Å². The Kier molecular flexibility index (Phi) is 7.29. The number of hydrogen-bond acceptors (Lipinski definition) is 5. The summed E-state index contributed by atoms with van der Waals surface area (Å²) in [6.45, 7) is 0.124. The van der Waals surface area contributed by atoms with Crippen LogP contribution in [-0.4, -0.2) is 33.3 Å². The van der Waals surface area contributed by atoms with Crippen molar-refractivity contribution >= 4 is 12.0 Å². The van der Waals surface area contributed by atoms with Crippen LogP contribution in [0.1, 0.15) is 34.0 Å². The number of alkyl halides is 3. The number of rotatable bonds is 5. The van der Waals surface area contributed by atoms with Gasteiger partial charge in [-0.3, -0.25) is 9.36 Å². The zero-order chi connectivity index (χ0) is 28.4. The molecule has 3 aromatic carbocycles. The van der Waals surface area contributed by atoms with Gasteiger partial charge in [-0.1, -0.05) is 54.6 Å². The van der Waals surface area contributed by atoms with E-state index in [1.54, 1.807) is 12.1 Å². The first kappa shape index (κ1) is 26.9. The van der Waals surface area contributed by atoms with Crippen molar-refractivity contribution in [1.82, 2.24) is 14.5 Å². The summed E-state index contributed by atoms with van der Waals surface area (Å²) < 4.78 is 58.1. The van der Waals surface area contributed by atoms with Crippen molar-refractivity contribution in [3.63, 3.8) is 0 Å². The largest absolute Gasteiger partial charge is 0.415 e. The molecule has 0 saturated heterocycles. The van der Waals surface area contributed by atoms with Crippen LogP contribution in [0, 0.1) is 5.82 Å². The summed E-state index contributed by atoms with van der Waals surface area (Å²) >= 11 is 0. The lowest BCUT2D eigenvalue weighted by Crippen LogP contribution is -2.43. The van der Waals surface area contributed by atoms with E-state index in [4.69, 9.17) is 10.5 Å². The van der Waals surface area contributed by atoms with Gasteiger partial charge in [0.2, 0.25) is 5.95 Å². The normalized spacial score (nSPS) is 13.9. The average molecular weight is 553 g/mol. The summed E-state index contributed by atoms with van der Waals surface area (Å²) in [6, 6.07) is 19.4. The predicted octanol–water partition coefficient (Wildman–Crippen LogP) is 5.26. The number of carbonyl (C=O) groups excluding carboxylic acids is 1. The minimum Gasteiger partial charge on any atom is -0.410 e. The second-order valence-electron chi connectivity index (χ2n) is 9.41. The molecule has 2 N–H and O–H groups in total. The Balaban J connectivity index is 1.39. The van der Waals surface area contributed by atoms with Crippen LogP contribution in [0.25, 0.3) is 0 Å². The van der Waals surface area contributed by atoms with E-state index in [9.17, 15) is 27.2 Å². The number of ether oxygens (including phenoxy) is 1. The Morgan fingerprint density at radius 2 is 1.62 bits per heavy atom. The number of hydrogen-bond donors (Lipinski definition) is 1. The summed E-state index contributed by atoms with van der Waals surface area (Å²) in [5.74, 6) is -0.393. The van der Waals surface area contributed by atoms with Crippen molar-refractivity contribution in [3.8, 4) is 5.75 Å². The quantitative estimate of drug-likeness (QED) is 0.341. The monoisotopic (exact) mass is 552 g/mol. The van der Waals surface area contributed by atoms with Gasteiger partial charge in [-0.15, -0.1) is 0 Å². The second-order valence-corrected chi connectivity index (χ2v) is 9.41. The van der Waals surface area contributed by atoms with Crippen LogP contribution in [-0.2, 0) is 19.4 Å². The van der Waals surface area contributed by atoms with Crippen LogP contribution in [0.3, 0.4) is 0 Å². The number of amides is 1. The zero-order valence-corrected chi connectivity index (χ0v) is 21.1. The molecule has 1 aliphatic rings. The minimum absolute atomic E-state index is 0.0346. The molecule has 0 fully saturated rings. The summed E-state index contributed by atoms with van der Waals surface area (Å²) in [5, 5.41) is 0. The maximum absolute atomic E-state index is 13.7. The molecule has 0 saturated carbocycles. The van der Waals surface area contributed by atoms with Crippen LogP contribution in [0.15, 0.2) is 83.7 Å². The summed E-state index contributed by atoms with van der Waals surface area (Å²) in [4.78, 5) is 32.3. The molecule has 11 heteroatoms. The molecule has 40 heavy (non-hydrogen) atoms. The average Bonchev–Trinajstić information content (AvgIpc) is 2.92. The zero-order valence-electron chi connectivity index (χ0n) is 21.1. The second kappa shape index (κ2) is 10.8. The molecule has 5 rings (SSSR count). The molecular formula is C29H24F4N4O3. The van der Waals surface area contributed by atoms with Gasteiger partial charge in [0.05, 0.1) is 24.7 Å². The van der Waals surface area contributed by atoms with Gasteiger partial charge >= 0.3 is 12.3 Å². The molecule has 7 nitrogen and oxygen atoms in total. The highest BCUT2D eigenvalue weighted by molar-refractivity contribution is 5.71. The van der Waals surface area contributed by atoms with Crippen LogP contribution in [0.4, 0.5) is 28.3 Å². The fraction of sp³-hybridized carbons (Fsp3) is 0.207. The molecule has 0 radical (unpaired) electrons. The van der Waals surface area contributed by atoms with Gasteiger partial charge in [0.15, 0.2) is 0 Å². The molecule has 4 aromatic rings.